The van der Waals surface area contributed by atoms with Gasteiger partial charge in [0.2, 0.25) is 0 Å². The summed E-state index contributed by atoms with van der Waals surface area (Å²) >= 11 is 0. The Bertz CT molecular complexity index is 610. The second kappa shape index (κ2) is 5.30. The molecule has 4 aliphatic rings. The van der Waals surface area contributed by atoms with Crippen molar-refractivity contribution in [2.45, 2.75) is 49.7 Å². The van der Waals surface area contributed by atoms with Crippen molar-refractivity contribution < 1.29 is 40.1 Å². The summed E-state index contributed by atoms with van der Waals surface area (Å²) in [6.45, 7) is -0.424. The molecule has 0 aromatic heterocycles. The quantitative estimate of drug-likeness (QED) is 0.455. The fraction of sp³-hybridized carbons (Fsp3) is 0.929. The van der Waals surface area contributed by atoms with Crippen molar-refractivity contribution in [3.8, 4) is 0 Å². The van der Waals surface area contributed by atoms with Gasteiger partial charge in [0.1, 0.15) is 0 Å². The Hall–Kier alpha value is -0.900. The Labute approximate surface area is 136 Å². The van der Waals surface area contributed by atoms with Gasteiger partial charge in [-0.3, -0.25) is 4.55 Å². The maximum atomic E-state index is 13.5. The number of hydrogen-bond acceptors (Lipinski definition) is 4. The fourth-order valence-corrected chi connectivity index (χ4v) is 5.46. The van der Waals surface area contributed by atoms with Crippen LogP contribution in [-0.4, -0.2) is 36.7 Å². The molecule has 24 heavy (non-hydrogen) atoms. The normalized spacial score (nSPS) is 36.0. The van der Waals surface area contributed by atoms with Crippen molar-refractivity contribution in [1.29, 1.82) is 0 Å². The van der Waals surface area contributed by atoms with E-state index in [0.29, 0.717) is 37.0 Å². The lowest BCUT2D eigenvalue weighted by Crippen LogP contribution is -2.54. The van der Waals surface area contributed by atoms with Gasteiger partial charge in [-0.2, -0.15) is 26.0 Å². The summed E-state index contributed by atoms with van der Waals surface area (Å²) in [7, 11) is -6.45. The van der Waals surface area contributed by atoms with Crippen LogP contribution in [-0.2, 0) is 19.6 Å². The first kappa shape index (κ1) is 17.9. The number of carbonyl (C=O) groups excluding carboxylic acids is 1. The van der Waals surface area contributed by atoms with Crippen molar-refractivity contribution >= 4 is 16.1 Å². The highest BCUT2D eigenvalue weighted by Crippen LogP contribution is 2.60. The number of alkyl halides is 4. The van der Waals surface area contributed by atoms with Gasteiger partial charge in [-0.1, -0.05) is 0 Å². The standard InChI is InChI=1S/C14H18F4O5S/c15-13(16,14(17,18)24(20,21)22)11(19)23-7-12-4-8-1-9(5-12)3-10(2-8)6-12/h8-10H,1-7H2,(H,20,21,22). The zero-order chi connectivity index (χ0) is 18.0. The van der Waals surface area contributed by atoms with Crippen molar-refractivity contribution in [2.75, 3.05) is 6.61 Å². The molecule has 0 aromatic carbocycles. The van der Waals surface area contributed by atoms with Crippen LogP contribution in [0.15, 0.2) is 0 Å². The first-order chi connectivity index (χ1) is 10.9. The third-order valence-electron chi connectivity index (χ3n) is 5.62. The predicted octanol–water partition coefficient (Wildman–Crippen LogP) is 2.86. The average Bonchev–Trinajstić information content (AvgIpc) is 2.41. The summed E-state index contributed by atoms with van der Waals surface area (Å²) in [5, 5.41) is -5.93. The minimum Gasteiger partial charge on any atom is -0.460 e. The van der Waals surface area contributed by atoms with Gasteiger partial charge in [0, 0.05) is 5.41 Å². The summed E-state index contributed by atoms with van der Waals surface area (Å²) < 4.78 is 86.9. The lowest BCUT2D eigenvalue weighted by molar-refractivity contribution is -0.211. The van der Waals surface area contributed by atoms with Gasteiger partial charge in [0.05, 0.1) is 6.61 Å². The summed E-state index contributed by atoms with van der Waals surface area (Å²) in [4.78, 5) is 11.4. The Kier molecular flexibility index (Phi) is 3.95. The van der Waals surface area contributed by atoms with Crippen LogP contribution >= 0.6 is 0 Å². The number of hydrogen-bond donors (Lipinski definition) is 1. The second-order valence-electron chi connectivity index (χ2n) is 7.56. The fourth-order valence-electron chi connectivity index (χ4n) is 5.06. The third-order valence-corrected chi connectivity index (χ3v) is 6.52. The molecule has 5 nitrogen and oxygen atoms in total. The number of halogens is 4. The monoisotopic (exact) mass is 374 g/mol. The molecule has 0 heterocycles. The molecule has 4 rings (SSSR count). The molecule has 4 bridgehead atoms. The molecule has 0 amide bonds. The van der Waals surface area contributed by atoms with Gasteiger partial charge in [0.15, 0.2) is 0 Å². The van der Waals surface area contributed by atoms with E-state index < -0.39 is 39.3 Å². The maximum Gasteiger partial charge on any atom is 0.443 e. The molecule has 4 saturated carbocycles. The van der Waals surface area contributed by atoms with Crippen LogP contribution in [0.1, 0.15) is 38.5 Å². The van der Waals surface area contributed by atoms with Crippen LogP contribution in [0.4, 0.5) is 17.6 Å². The van der Waals surface area contributed by atoms with Crippen LogP contribution in [0.5, 0.6) is 0 Å². The van der Waals surface area contributed by atoms with E-state index in [4.69, 9.17) is 4.55 Å². The largest absolute Gasteiger partial charge is 0.460 e. The van der Waals surface area contributed by atoms with E-state index in [-0.39, 0.29) is 0 Å². The third kappa shape index (κ3) is 2.71. The minimum absolute atomic E-state index is 0.424. The summed E-state index contributed by atoms with van der Waals surface area (Å²) in [5.41, 5.74) is -0.478. The Morgan fingerprint density at radius 2 is 1.46 bits per heavy atom. The van der Waals surface area contributed by atoms with Crippen molar-refractivity contribution in [3.63, 3.8) is 0 Å². The van der Waals surface area contributed by atoms with Gasteiger partial charge in [-0.25, -0.2) is 4.79 Å². The smallest absolute Gasteiger partial charge is 0.443 e. The van der Waals surface area contributed by atoms with E-state index in [9.17, 15) is 30.8 Å². The molecule has 10 heteroatoms. The van der Waals surface area contributed by atoms with E-state index in [1.54, 1.807) is 0 Å². The highest BCUT2D eigenvalue weighted by atomic mass is 32.2. The molecular weight excluding hydrogens is 356 g/mol. The topological polar surface area (TPSA) is 80.7 Å². The highest BCUT2D eigenvalue weighted by molar-refractivity contribution is 7.87. The van der Waals surface area contributed by atoms with Gasteiger partial charge >= 0.3 is 27.3 Å². The summed E-state index contributed by atoms with van der Waals surface area (Å²) in [6.07, 6.45) is 5.28. The van der Waals surface area contributed by atoms with Crippen LogP contribution in [0.25, 0.3) is 0 Å². The van der Waals surface area contributed by atoms with E-state index in [0.717, 1.165) is 19.3 Å². The molecule has 0 unspecified atom stereocenters. The summed E-state index contributed by atoms with van der Waals surface area (Å²) in [5.74, 6) is -6.96. The number of esters is 1. The van der Waals surface area contributed by atoms with Crippen LogP contribution < -0.4 is 0 Å². The van der Waals surface area contributed by atoms with Crippen molar-refractivity contribution in [2.24, 2.45) is 23.2 Å². The van der Waals surface area contributed by atoms with Gasteiger partial charge in [-0.05, 0) is 56.3 Å². The second-order valence-corrected chi connectivity index (χ2v) is 9.02. The predicted molar refractivity (Wildman–Crippen MR) is 73.0 cm³/mol. The van der Waals surface area contributed by atoms with Crippen LogP contribution in [0, 0.1) is 23.2 Å². The lowest BCUT2D eigenvalue weighted by atomic mass is 9.50. The van der Waals surface area contributed by atoms with Crippen molar-refractivity contribution in [3.05, 3.63) is 0 Å². The van der Waals surface area contributed by atoms with E-state index in [1.165, 1.54) is 0 Å². The highest BCUT2D eigenvalue weighted by Gasteiger charge is 2.71. The van der Waals surface area contributed by atoms with Crippen LogP contribution in [0.3, 0.4) is 0 Å². The molecule has 0 spiro atoms. The van der Waals surface area contributed by atoms with E-state index >= 15 is 0 Å². The van der Waals surface area contributed by atoms with Gasteiger partial charge in [0.25, 0.3) is 0 Å². The van der Waals surface area contributed by atoms with Crippen LogP contribution in [0.2, 0.25) is 0 Å². The average molecular weight is 374 g/mol. The lowest BCUT2D eigenvalue weighted by Gasteiger charge is -2.56. The van der Waals surface area contributed by atoms with E-state index in [2.05, 4.69) is 4.74 Å². The molecule has 4 aliphatic carbocycles. The Morgan fingerprint density at radius 1 is 1.04 bits per heavy atom. The molecule has 138 valence electrons. The molecule has 1 N–H and O–H groups in total. The zero-order valence-electron chi connectivity index (χ0n) is 12.7. The molecule has 4 fully saturated rings. The first-order valence-electron chi connectivity index (χ1n) is 7.76. The number of rotatable bonds is 5. The molecule has 0 aliphatic heterocycles. The Morgan fingerprint density at radius 3 is 1.83 bits per heavy atom. The minimum atomic E-state index is -6.45. The molecule has 0 saturated heterocycles. The zero-order valence-corrected chi connectivity index (χ0v) is 13.5. The first-order valence-corrected chi connectivity index (χ1v) is 9.20. The van der Waals surface area contributed by atoms with Gasteiger partial charge in [-0.15, -0.1) is 0 Å². The number of carbonyl (C=O) groups is 1. The molecule has 0 aromatic rings. The number of ether oxygens (including phenoxy) is 1. The molecular formula is C14H18F4O5S. The molecule has 0 atom stereocenters. The molecule has 0 radical (unpaired) electrons. The van der Waals surface area contributed by atoms with E-state index in [1.807, 2.05) is 0 Å². The van der Waals surface area contributed by atoms with Gasteiger partial charge < -0.3 is 4.74 Å². The van der Waals surface area contributed by atoms with Crippen molar-refractivity contribution in [1.82, 2.24) is 0 Å². The SMILES string of the molecule is O=C(OCC12CC3CC(CC(C3)C1)C2)C(F)(F)C(F)(F)S(=O)(=O)O. The Balaban J connectivity index is 1.70. The summed E-state index contributed by atoms with van der Waals surface area (Å²) in [6, 6.07) is 0. The maximum absolute atomic E-state index is 13.5.